The number of methoxy groups -OCH3 is 1. The van der Waals surface area contributed by atoms with Gasteiger partial charge in [0.05, 0.1) is 19.8 Å². The van der Waals surface area contributed by atoms with E-state index in [4.69, 9.17) is 9.47 Å². The summed E-state index contributed by atoms with van der Waals surface area (Å²) in [6, 6.07) is 7.55. The molecule has 0 bridgehead atoms. The van der Waals surface area contributed by atoms with E-state index >= 15 is 0 Å². The molecule has 1 rings (SSSR count). The van der Waals surface area contributed by atoms with Gasteiger partial charge in [-0.25, -0.2) is 0 Å². The first kappa shape index (κ1) is 11.9. The molecule has 0 N–H and O–H groups in total. The number of carbonyl (C=O) groups excluding carboxylic acids is 1. The largest absolute Gasteiger partial charge is 0.382 e. The van der Waals surface area contributed by atoms with Gasteiger partial charge in [-0.15, -0.1) is 0 Å². The monoisotopic (exact) mass is 208 g/mol. The first-order valence-electron chi connectivity index (χ1n) is 4.98. The first-order valence-corrected chi connectivity index (χ1v) is 4.98. The van der Waals surface area contributed by atoms with Crippen molar-refractivity contribution in [3.63, 3.8) is 0 Å². The zero-order valence-electron chi connectivity index (χ0n) is 8.94. The van der Waals surface area contributed by atoms with Gasteiger partial charge in [-0.1, -0.05) is 24.3 Å². The third-order valence-corrected chi connectivity index (χ3v) is 2.13. The van der Waals surface area contributed by atoms with E-state index in [1.54, 1.807) is 7.11 Å². The molecule has 15 heavy (non-hydrogen) atoms. The summed E-state index contributed by atoms with van der Waals surface area (Å²) in [5.41, 5.74) is 1.78. The standard InChI is InChI=1S/C12H16O3/c1-14-8-9-15-7-6-11-4-2-3-5-12(11)10-13/h2-5,10H,6-9H2,1H3. The maximum Gasteiger partial charge on any atom is 0.150 e. The lowest BCUT2D eigenvalue weighted by molar-refractivity contribution is 0.0722. The van der Waals surface area contributed by atoms with Gasteiger partial charge in [0, 0.05) is 12.7 Å². The van der Waals surface area contributed by atoms with Crippen LogP contribution in [0.3, 0.4) is 0 Å². The van der Waals surface area contributed by atoms with E-state index in [-0.39, 0.29) is 0 Å². The predicted octanol–water partition coefficient (Wildman–Crippen LogP) is 1.70. The van der Waals surface area contributed by atoms with E-state index in [9.17, 15) is 4.79 Å². The summed E-state index contributed by atoms with van der Waals surface area (Å²) in [6.45, 7) is 1.82. The average molecular weight is 208 g/mol. The average Bonchev–Trinajstić information content (AvgIpc) is 2.29. The highest BCUT2D eigenvalue weighted by Gasteiger charge is 1.99. The number of ether oxygens (including phenoxy) is 2. The highest BCUT2D eigenvalue weighted by Crippen LogP contribution is 2.06. The summed E-state index contributed by atoms with van der Waals surface area (Å²) in [5.74, 6) is 0. The van der Waals surface area contributed by atoms with Crippen LogP contribution in [0.15, 0.2) is 24.3 Å². The van der Waals surface area contributed by atoms with Gasteiger partial charge in [-0.2, -0.15) is 0 Å². The molecule has 0 amide bonds. The van der Waals surface area contributed by atoms with Crippen molar-refractivity contribution < 1.29 is 14.3 Å². The molecule has 0 saturated carbocycles. The van der Waals surface area contributed by atoms with Crippen molar-refractivity contribution in [3.8, 4) is 0 Å². The van der Waals surface area contributed by atoms with Crippen LogP contribution in [0, 0.1) is 0 Å². The lowest BCUT2D eigenvalue weighted by Gasteiger charge is -2.05. The molecule has 0 aliphatic carbocycles. The Kier molecular flexibility index (Phi) is 5.66. The van der Waals surface area contributed by atoms with Crippen molar-refractivity contribution in [1.29, 1.82) is 0 Å². The molecule has 0 aromatic heterocycles. The Morgan fingerprint density at radius 3 is 2.73 bits per heavy atom. The Morgan fingerprint density at radius 2 is 2.00 bits per heavy atom. The Hall–Kier alpha value is -1.19. The van der Waals surface area contributed by atoms with Crippen LogP contribution >= 0.6 is 0 Å². The van der Waals surface area contributed by atoms with Crippen molar-refractivity contribution in [2.75, 3.05) is 26.9 Å². The van der Waals surface area contributed by atoms with Gasteiger partial charge in [0.15, 0.2) is 0 Å². The lowest BCUT2D eigenvalue weighted by Crippen LogP contribution is -2.06. The Morgan fingerprint density at radius 1 is 1.20 bits per heavy atom. The molecule has 3 nitrogen and oxygen atoms in total. The number of rotatable bonds is 7. The number of aldehydes is 1. The van der Waals surface area contributed by atoms with Gasteiger partial charge < -0.3 is 9.47 Å². The summed E-state index contributed by atoms with van der Waals surface area (Å²) < 4.78 is 10.2. The molecular formula is C12H16O3. The van der Waals surface area contributed by atoms with Crippen molar-refractivity contribution in [2.45, 2.75) is 6.42 Å². The lowest BCUT2D eigenvalue weighted by atomic mass is 10.1. The molecule has 0 atom stereocenters. The minimum absolute atomic E-state index is 0.597. The number of carbonyl (C=O) groups is 1. The fourth-order valence-corrected chi connectivity index (χ4v) is 1.30. The molecule has 1 aromatic carbocycles. The van der Waals surface area contributed by atoms with Crippen LogP contribution in [0.2, 0.25) is 0 Å². The van der Waals surface area contributed by atoms with Gasteiger partial charge in [-0.3, -0.25) is 4.79 Å². The molecule has 0 heterocycles. The Balaban J connectivity index is 2.33. The van der Waals surface area contributed by atoms with Crippen LogP contribution in [0.5, 0.6) is 0 Å². The van der Waals surface area contributed by atoms with E-state index in [2.05, 4.69) is 0 Å². The SMILES string of the molecule is COCCOCCc1ccccc1C=O. The molecule has 0 aliphatic heterocycles. The van der Waals surface area contributed by atoms with Gasteiger partial charge in [0.2, 0.25) is 0 Å². The molecule has 0 unspecified atom stereocenters. The van der Waals surface area contributed by atoms with E-state index < -0.39 is 0 Å². The van der Waals surface area contributed by atoms with Crippen LogP contribution in [-0.4, -0.2) is 33.2 Å². The van der Waals surface area contributed by atoms with Crippen molar-refractivity contribution in [3.05, 3.63) is 35.4 Å². The van der Waals surface area contributed by atoms with E-state index in [0.717, 1.165) is 23.8 Å². The zero-order chi connectivity index (χ0) is 10.9. The summed E-state index contributed by atoms with van der Waals surface area (Å²) in [5, 5.41) is 0. The van der Waals surface area contributed by atoms with Crippen LogP contribution in [0.25, 0.3) is 0 Å². The molecule has 3 heteroatoms. The van der Waals surface area contributed by atoms with E-state index in [1.807, 2.05) is 24.3 Å². The maximum atomic E-state index is 10.7. The fraction of sp³-hybridized carbons (Fsp3) is 0.417. The second kappa shape index (κ2) is 7.15. The fourth-order valence-electron chi connectivity index (χ4n) is 1.30. The smallest absolute Gasteiger partial charge is 0.150 e. The molecule has 0 saturated heterocycles. The van der Waals surface area contributed by atoms with Gasteiger partial charge >= 0.3 is 0 Å². The van der Waals surface area contributed by atoms with E-state index in [0.29, 0.717) is 19.8 Å². The van der Waals surface area contributed by atoms with Crippen molar-refractivity contribution in [1.82, 2.24) is 0 Å². The van der Waals surface area contributed by atoms with Crippen LogP contribution in [-0.2, 0) is 15.9 Å². The zero-order valence-corrected chi connectivity index (χ0v) is 8.94. The highest BCUT2D eigenvalue weighted by molar-refractivity contribution is 5.77. The number of benzene rings is 1. The van der Waals surface area contributed by atoms with E-state index in [1.165, 1.54) is 0 Å². The molecule has 1 aromatic rings. The summed E-state index contributed by atoms with van der Waals surface area (Å²) >= 11 is 0. The van der Waals surface area contributed by atoms with Crippen LogP contribution in [0.1, 0.15) is 15.9 Å². The molecule has 0 aliphatic rings. The van der Waals surface area contributed by atoms with Gasteiger partial charge in [0.25, 0.3) is 0 Å². The Bertz CT molecular complexity index is 297. The summed E-state index contributed by atoms with van der Waals surface area (Å²) in [7, 11) is 1.64. The minimum Gasteiger partial charge on any atom is -0.382 e. The summed E-state index contributed by atoms with van der Waals surface area (Å²) in [6.07, 6.45) is 1.64. The van der Waals surface area contributed by atoms with Crippen molar-refractivity contribution >= 4 is 6.29 Å². The second-order valence-electron chi connectivity index (χ2n) is 3.17. The highest BCUT2D eigenvalue weighted by atomic mass is 16.5. The number of hydrogen-bond donors (Lipinski definition) is 0. The quantitative estimate of drug-likeness (QED) is 0.505. The molecule has 82 valence electrons. The molecule has 0 spiro atoms. The van der Waals surface area contributed by atoms with Gasteiger partial charge in [-0.05, 0) is 12.0 Å². The third-order valence-electron chi connectivity index (χ3n) is 2.13. The van der Waals surface area contributed by atoms with Gasteiger partial charge in [0.1, 0.15) is 6.29 Å². The van der Waals surface area contributed by atoms with Crippen molar-refractivity contribution in [2.24, 2.45) is 0 Å². The second-order valence-corrected chi connectivity index (χ2v) is 3.17. The first-order chi connectivity index (χ1) is 7.38. The normalized spacial score (nSPS) is 10.2. The maximum absolute atomic E-state index is 10.7. The summed E-state index contributed by atoms with van der Waals surface area (Å²) in [4.78, 5) is 10.7. The molecular weight excluding hydrogens is 192 g/mol. The van der Waals surface area contributed by atoms with Crippen LogP contribution < -0.4 is 0 Å². The topological polar surface area (TPSA) is 35.5 Å². The minimum atomic E-state index is 0.597. The Labute approximate surface area is 90.0 Å². The molecule has 0 radical (unpaired) electrons. The predicted molar refractivity (Wildman–Crippen MR) is 58.2 cm³/mol. The number of hydrogen-bond acceptors (Lipinski definition) is 3. The third kappa shape index (κ3) is 4.23. The molecule has 0 fully saturated rings. The van der Waals surface area contributed by atoms with Crippen LogP contribution in [0.4, 0.5) is 0 Å².